The molecule has 0 aliphatic carbocycles. The molecule has 1 N–H and O–H groups in total. The van der Waals surface area contributed by atoms with Gasteiger partial charge < -0.3 is 9.88 Å². The number of H-pyrrole nitrogens is 1. The number of aryl methyl sites for hydroxylation is 1. The molecule has 26 heavy (non-hydrogen) atoms. The van der Waals surface area contributed by atoms with Gasteiger partial charge in [-0.15, -0.1) is 0 Å². The number of rotatable bonds is 4. The normalized spacial score (nSPS) is 17.4. The van der Waals surface area contributed by atoms with E-state index in [-0.39, 0.29) is 11.9 Å². The van der Waals surface area contributed by atoms with Crippen LogP contribution < -0.4 is 0 Å². The number of hydrogen-bond acceptors (Lipinski definition) is 2. The molecular formula is C22H23N3O. The quantitative estimate of drug-likeness (QED) is 0.708. The van der Waals surface area contributed by atoms with Crippen LogP contribution in [0.25, 0.3) is 17.1 Å². The number of carbonyl (C=O) groups excluding carboxylic acids is 1. The van der Waals surface area contributed by atoms with Gasteiger partial charge >= 0.3 is 0 Å². The van der Waals surface area contributed by atoms with Crippen molar-refractivity contribution >= 4 is 23.0 Å². The zero-order valence-corrected chi connectivity index (χ0v) is 15.0. The van der Waals surface area contributed by atoms with Crippen LogP contribution in [0.1, 0.15) is 42.8 Å². The lowest BCUT2D eigenvalue weighted by Crippen LogP contribution is -2.29. The monoisotopic (exact) mass is 345 g/mol. The molecule has 3 aromatic rings. The van der Waals surface area contributed by atoms with Crippen LogP contribution in [-0.4, -0.2) is 27.3 Å². The predicted molar refractivity (Wildman–Crippen MR) is 105 cm³/mol. The maximum atomic E-state index is 12.7. The summed E-state index contributed by atoms with van der Waals surface area (Å²) in [7, 11) is 0. The van der Waals surface area contributed by atoms with Gasteiger partial charge in [0.1, 0.15) is 5.82 Å². The number of benzene rings is 2. The number of likely N-dealkylation sites (tertiary alicyclic amines) is 1. The second-order valence-electron chi connectivity index (χ2n) is 6.76. The van der Waals surface area contributed by atoms with E-state index in [1.165, 1.54) is 5.56 Å². The van der Waals surface area contributed by atoms with Gasteiger partial charge in [0.15, 0.2) is 0 Å². The van der Waals surface area contributed by atoms with Crippen molar-refractivity contribution in [2.45, 2.75) is 32.2 Å². The second kappa shape index (κ2) is 7.16. The van der Waals surface area contributed by atoms with Crippen molar-refractivity contribution in [1.82, 2.24) is 14.9 Å². The number of carbonyl (C=O) groups is 1. The Kier molecular flexibility index (Phi) is 4.57. The number of hydrogen-bond donors (Lipinski definition) is 1. The number of nitrogens with one attached hydrogen (secondary N) is 1. The highest BCUT2D eigenvalue weighted by atomic mass is 16.2. The second-order valence-corrected chi connectivity index (χ2v) is 6.76. The molecule has 1 atom stereocenters. The Morgan fingerprint density at radius 1 is 1.23 bits per heavy atom. The van der Waals surface area contributed by atoms with Crippen LogP contribution in [0.15, 0.2) is 54.6 Å². The fourth-order valence-electron chi connectivity index (χ4n) is 3.57. The van der Waals surface area contributed by atoms with E-state index >= 15 is 0 Å². The van der Waals surface area contributed by atoms with Crippen LogP contribution in [0.2, 0.25) is 0 Å². The van der Waals surface area contributed by atoms with Crippen LogP contribution in [0.5, 0.6) is 0 Å². The molecule has 1 fully saturated rings. The smallest absolute Gasteiger partial charge is 0.247 e. The Balaban J connectivity index is 1.51. The molecule has 0 unspecified atom stereocenters. The number of aromatic amines is 1. The van der Waals surface area contributed by atoms with E-state index in [4.69, 9.17) is 4.98 Å². The van der Waals surface area contributed by atoms with Gasteiger partial charge in [0.05, 0.1) is 17.1 Å². The molecule has 1 aromatic heterocycles. The summed E-state index contributed by atoms with van der Waals surface area (Å²) in [6.45, 7) is 2.92. The van der Waals surface area contributed by atoms with Crippen molar-refractivity contribution in [3.63, 3.8) is 0 Å². The fourth-order valence-corrected chi connectivity index (χ4v) is 3.57. The zero-order valence-electron chi connectivity index (χ0n) is 15.0. The molecule has 1 aliphatic heterocycles. The summed E-state index contributed by atoms with van der Waals surface area (Å²) in [5, 5.41) is 0. The van der Waals surface area contributed by atoms with E-state index in [0.717, 1.165) is 48.2 Å². The Hall–Kier alpha value is -2.88. The highest BCUT2D eigenvalue weighted by Crippen LogP contribution is 2.31. The molecule has 4 nitrogen and oxygen atoms in total. The molecule has 0 radical (unpaired) electrons. The van der Waals surface area contributed by atoms with Gasteiger partial charge in [0.2, 0.25) is 5.91 Å². The summed E-state index contributed by atoms with van der Waals surface area (Å²) in [6.07, 6.45) is 6.56. The van der Waals surface area contributed by atoms with E-state index in [9.17, 15) is 4.79 Å². The van der Waals surface area contributed by atoms with Gasteiger partial charge in [0, 0.05) is 12.6 Å². The first-order chi connectivity index (χ1) is 12.7. The maximum absolute atomic E-state index is 12.7. The highest BCUT2D eigenvalue weighted by Gasteiger charge is 2.30. The third-order valence-corrected chi connectivity index (χ3v) is 5.07. The molecule has 4 rings (SSSR count). The summed E-state index contributed by atoms with van der Waals surface area (Å²) in [5.41, 5.74) is 4.33. The minimum absolute atomic E-state index is 0.0296. The average molecular weight is 345 g/mol. The molecular weight excluding hydrogens is 322 g/mol. The summed E-state index contributed by atoms with van der Waals surface area (Å²) in [6, 6.07) is 16.4. The molecule has 1 saturated heterocycles. The van der Waals surface area contributed by atoms with Gasteiger partial charge in [-0.1, -0.05) is 43.3 Å². The van der Waals surface area contributed by atoms with Crippen molar-refractivity contribution in [1.29, 1.82) is 0 Å². The third kappa shape index (κ3) is 3.27. The van der Waals surface area contributed by atoms with Gasteiger partial charge in [0.25, 0.3) is 0 Å². The molecule has 1 amide bonds. The number of nitrogens with zero attached hydrogens (tertiary/aromatic N) is 2. The average Bonchev–Trinajstić information content (AvgIpc) is 3.32. The molecule has 0 spiro atoms. The first-order valence-corrected chi connectivity index (χ1v) is 9.27. The molecule has 0 saturated carbocycles. The van der Waals surface area contributed by atoms with Gasteiger partial charge in [-0.05, 0) is 48.6 Å². The molecule has 1 aliphatic rings. The summed E-state index contributed by atoms with van der Waals surface area (Å²) < 4.78 is 0. The minimum Gasteiger partial charge on any atom is -0.340 e. The first-order valence-electron chi connectivity index (χ1n) is 9.27. The fraction of sp³-hybridized carbons (Fsp3) is 0.273. The minimum atomic E-state index is 0.0296. The van der Waals surface area contributed by atoms with Crippen LogP contribution in [0.4, 0.5) is 0 Å². The first kappa shape index (κ1) is 16.6. The zero-order chi connectivity index (χ0) is 17.9. The lowest BCUT2D eigenvalue weighted by atomic mass is 10.1. The Labute approximate surface area is 153 Å². The van der Waals surface area contributed by atoms with E-state index in [1.54, 1.807) is 6.08 Å². The standard InChI is InChI=1S/C22H23N3O/c1-2-16-9-11-17(12-10-16)13-14-21(26)25-15-5-8-20(25)22-23-18-6-3-4-7-19(18)24-22/h3-4,6-7,9-14,20H,2,5,8,15H2,1H3,(H,23,24)/b14-13+/t20-/m0/s1. The number of imidazole rings is 1. The number of amides is 1. The van der Waals surface area contributed by atoms with Gasteiger partial charge in [-0.25, -0.2) is 4.98 Å². The van der Waals surface area contributed by atoms with E-state index in [0.29, 0.717) is 0 Å². The lowest BCUT2D eigenvalue weighted by molar-refractivity contribution is -0.126. The molecule has 132 valence electrons. The molecule has 2 aromatic carbocycles. The van der Waals surface area contributed by atoms with Crippen molar-refractivity contribution in [2.75, 3.05) is 6.54 Å². The Morgan fingerprint density at radius 3 is 2.81 bits per heavy atom. The van der Waals surface area contributed by atoms with Crippen molar-refractivity contribution in [2.24, 2.45) is 0 Å². The highest BCUT2D eigenvalue weighted by molar-refractivity contribution is 5.92. The van der Waals surface area contributed by atoms with Crippen molar-refractivity contribution in [3.05, 3.63) is 71.6 Å². The topological polar surface area (TPSA) is 49.0 Å². The molecule has 2 heterocycles. The van der Waals surface area contributed by atoms with Crippen molar-refractivity contribution < 1.29 is 4.79 Å². The van der Waals surface area contributed by atoms with E-state index in [1.807, 2.05) is 35.2 Å². The van der Waals surface area contributed by atoms with Crippen LogP contribution in [0.3, 0.4) is 0 Å². The Morgan fingerprint density at radius 2 is 2.04 bits per heavy atom. The Bertz CT molecular complexity index is 906. The van der Waals surface area contributed by atoms with Gasteiger partial charge in [-0.3, -0.25) is 4.79 Å². The van der Waals surface area contributed by atoms with Crippen molar-refractivity contribution in [3.8, 4) is 0 Å². The number of fused-ring (bicyclic) bond motifs is 1. The van der Waals surface area contributed by atoms with Crippen LogP contribution in [-0.2, 0) is 11.2 Å². The number of aromatic nitrogens is 2. The summed E-state index contributed by atoms with van der Waals surface area (Å²) in [4.78, 5) is 22.7. The third-order valence-electron chi connectivity index (χ3n) is 5.07. The molecule has 4 heteroatoms. The van der Waals surface area contributed by atoms with E-state index in [2.05, 4.69) is 36.2 Å². The van der Waals surface area contributed by atoms with Gasteiger partial charge in [-0.2, -0.15) is 0 Å². The van der Waals surface area contributed by atoms with Crippen LogP contribution >= 0.6 is 0 Å². The number of para-hydroxylation sites is 2. The van der Waals surface area contributed by atoms with E-state index < -0.39 is 0 Å². The summed E-state index contributed by atoms with van der Waals surface area (Å²) in [5.74, 6) is 0.935. The molecule has 0 bridgehead atoms. The predicted octanol–water partition coefficient (Wildman–Crippen LogP) is 4.50. The largest absolute Gasteiger partial charge is 0.340 e. The lowest BCUT2D eigenvalue weighted by Gasteiger charge is -2.21. The maximum Gasteiger partial charge on any atom is 0.247 e. The summed E-state index contributed by atoms with van der Waals surface area (Å²) >= 11 is 0. The SMILES string of the molecule is CCc1ccc(/C=C/C(=O)N2CCC[C@H]2c2nc3ccccc3[nH]2)cc1. The van der Waals surface area contributed by atoms with Crippen LogP contribution in [0, 0.1) is 0 Å².